The Morgan fingerprint density at radius 1 is 1.00 bits per heavy atom. The van der Waals surface area contributed by atoms with Crippen LogP contribution in [0, 0.1) is 0 Å². The quantitative estimate of drug-likeness (QED) is 0.203. The standard InChI is InChI=1S/C31H30ClF3N2O5S/c1-4-24-25-13-9-21(15-29(25)42-28(24)14-20-6-10-22(32)16-26(20)31(33,34)35)30(39)37-27(17-36-18(3)38)19-7-11-23(12-8-19)43(40,41)5-2/h6-13,15-16,27H,4-5,14,17H2,1-3H3,(H,36,38)(H,37,39)/t27-/m0/s1. The molecule has 0 unspecified atom stereocenters. The molecular weight excluding hydrogens is 605 g/mol. The smallest absolute Gasteiger partial charge is 0.416 e. The minimum Gasteiger partial charge on any atom is -0.460 e. The summed E-state index contributed by atoms with van der Waals surface area (Å²) < 4.78 is 71.5. The van der Waals surface area contributed by atoms with Gasteiger partial charge in [-0.15, -0.1) is 0 Å². The van der Waals surface area contributed by atoms with Gasteiger partial charge in [0.05, 0.1) is 22.3 Å². The molecule has 0 fully saturated rings. The van der Waals surface area contributed by atoms with Crippen LogP contribution in [0.5, 0.6) is 0 Å². The normalized spacial score (nSPS) is 12.7. The second-order valence-corrected chi connectivity index (χ2v) is 12.7. The maximum atomic E-state index is 13.7. The second kappa shape index (κ2) is 12.8. The molecule has 0 aliphatic rings. The molecule has 4 rings (SSSR count). The molecule has 4 aromatic rings. The van der Waals surface area contributed by atoms with Crippen LogP contribution in [-0.4, -0.2) is 32.5 Å². The molecule has 2 N–H and O–H groups in total. The number of rotatable bonds is 10. The molecule has 0 spiro atoms. The van der Waals surface area contributed by atoms with Gasteiger partial charge in [0.25, 0.3) is 5.91 Å². The molecule has 0 bridgehead atoms. The van der Waals surface area contributed by atoms with Crippen molar-refractivity contribution in [2.75, 3.05) is 12.3 Å². The van der Waals surface area contributed by atoms with Crippen LogP contribution >= 0.6 is 11.6 Å². The topological polar surface area (TPSA) is 105 Å². The highest BCUT2D eigenvalue weighted by Gasteiger charge is 2.34. The molecule has 2 amide bonds. The van der Waals surface area contributed by atoms with Crippen molar-refractivity contribution in [3.05, 3.63) is 99.3 Å². The fraction of sp³-hybridized carbons (Fsp3) is 0.290. The summed E-state index contributed by atoms with van der Waals surface area (Å²) >= 11 is 5.83. The van der Waals surface area contributed by atoms with Crippen molar-refractivity contribution in [1.82, 2.24) is 10.6 Å². The lowest BCUT2D eigenvalue weighted by Gasteiger charge is -2.20. The van der Waals surface area contributed by atoms with Crippen LogP contribution in [0.15, 0.2) is 70.0 Å². The van der Waals surface area contributed by atoms with E-state index in [1.165, 1.54) is 37.3 Å². The zero-order chi connectivity index (χ0) is 31.5. The van der Waals surface area contributed by atoms with Crippen molar-refractivity contribution < 1.29 is 35.6 Å². The van der Waals surface area contributed by atoms with E-state index in [0.29, 0.717) is 28.7 Å². The maximum absolute atomic E-state index is 13.7. The average molecular weight is 635 g/mol. The third-order valence-corrected chi connectivity index (χ3v) is 9.09. The number of aryl methyl sites for hydroxylation is 1. The summed E-state index contributed by atoms with van der Waals surface area (Å²) in [5.74, 6) is -0.502. The van der Waals surface area contributed by atoms with E-state index >= 15 is 0 Å². The van der Waals surface area contributed by atoms with Crippen molar-refractivity contribution in [3.63, 3.8) is 0 Å². The highest BCUT2D eigenvalue weighted by molar-refractivity contribution is 7.91. The second-order valence-electron chi connectivity index (χ2n) is 9.98. The molecule has 1 heterocycles. The lowest BCUT2D eigenvalue weighted by atomic mass is 9.99. The number of furan rings is 1. The third-order valence-electron chi connectivity index (χ3n) is 7.10. The minimum atomic E-state index is -4.59. The fourth-order valence-corrected chi connectivity index (χ4v) is 5.88. The van der Waals surface area contributed by atoms with Crippen LogP contribution in [0.1, 0.15) is 65.2 Å². The number of carbonyl (C=O) groups excluding carboxylic acids is 2. The lowest BCUT2D eigenvalue weighted by Crippen LogP contribution is -2.37. The summed E-state index contributed by atoms with van der Waals surface area (Å²) in [6, 6.07) is 13.8. The summed E-state index contributed by atoms with van der Waals surface area (Å²) in [6.07, 6.45) is -4.22. The maximum Gasteiger partial charge on any atom is 0.416 e. The Labute approximate surface area is 252 Å². The Kier molecular flexibility index (Phi) is 9.56. The number of fused-ring (bicyclic) bond motifs is 1. The largest absolute Gasteiger partial charge is 0.460 e. The van der Waals surface area contributed by atoms with Crippen LogP contribution in [0.2, 0.25) is 5.02 Å². The molecule has 1 aromatic heterocycles. The first kappa shape index (κ1) is 32.1. The van der Waals surface area contributed by atoms with Gasteiger partial charge in [-0.2, -0.15) is 13.2 Å². The SMILES string of the molecule is CCc1c(Cc2ccc(Cl)cc2C(F)(F)F)oc2cc(C(=O)N[C@@H](CNC(C)=O)c3ccc(S(=O)(=O)CC)cc3)ccc12. The average Bonchev–Trinajstić information content (AvgIpc) is 3.31. The first-order chi connectivity index (χ1) is 20.2. The molecule has 0 saturated heterocycles. The Hall–Kier alpha value is -3.83. The summed E-state index contributed by atoms with van der Waals surface area (Å²) in [5.41, 5.74) is 1.06. The van der Waals surface area contributed by atoms with Crippen LogP contribution in [0.4, 0.5) is 13.2 Å². The highest BCUT2D eigenvalue weighted by Crippen LogP contribution is 2.36. The molecule has 12 heteroatoms. The number of nitrogens with one attached hydrogen (secondary N) is 2. The van der Waals surface area contributed by atoms with Crippen molar-refractivity contribution in [3.8, 4) is 0 Å². The van der Waals surface area contributed by atoms with E-state index in [1.807, 2.05) is 6.92 Å². The van der Waals surface area contributed by atoms with Crippen molar-refractivity contribution >= 4 is 44.2 Å². The third kappa shape index (κ3) is 7.40. The van der Waals surface area contributed by atoms with E-state index in [2.05, 4.69) is 10.6 Å². The number of hydrogen-bond donors (Lipinski definition) is 2. The van der Waals surface area contributed by atoms with Gasteiger partial charge in [-0.3, -0.25) is 9.59 Å². The molecule has 0 radical (unpaired) electrons. The number of sulfone groups is 1. The number of halogens is 4. The first-order valence-corrected chi connectivity index (χ1v) is 15.5. The van der Waals surface area contributed by atoms with Gasteiger partial charge >= 0.3 is 6.18 Å². The van der Waals surface area contributed by atoms with Crippen molar-refractivity contribution in [2.45, 2.75) is 50.7 Å². The van der Waals surface area contributed by atoms with Crippen molar-refractivity contribution in [1.29, 1.82) is 0 Å². The van der Waals surface area contributed by atoms with E-state index in [0.717, 1.165) is 11.6 Å². The van der Waals surface area contributed by atoms with Gasteiger partial charge in [-0.1, -0.05) is 49.7 Å². The van der Waals surface area contributed by atoms with E-state index in [9.17, 15) is 31.2 Å². The van der Waals surface area contributed by atoms with Crippen LogP contribution in [-0.2, 0) is 33.6 Å². The first-order valence-electron chi connectivity index (χ1n) is 13.5. The number of hydrogen-bond acceptors (Lipinski definition) is 5. The molecule has 0 aliphatic heterocycles. The predicted molar refractivity (Wildman–Crippen MR) is 158 cm³/mol. The Balaban J connectivity index is 1.63. The van der Waals surface area contributed by atoms with Gasteiger partial charge in [0.15, 0.2) is 9.84 Å². The van der Waals surface area contributed by atoms with Gasteiger partial charge in [-0.05, 0) is 53.9 Å². The van der Waals surface area contributed by atoms with Crippen LogP contribution in [0.25, 0.3) is 11.0 Å². The number of carbonyl (C=O) groups is 2. The molecule has 3 aromatic carbocycles. The van der Waals surface area contributed by atoms with Gasteiger partial charge in [0, 0.05) is 41.4 Å². The van der Waals surface area contributed by atoms with Gasteiger partial charge < -0.3 is 15.1 Å². The lowest BCUT2D eigenvalue weighted by molar-refractivity contribution is -0.138. The minimum absolute atomic E-state index is 0.0159. The molecule has 43 heavy (non-hydrogen) atoms. The molecule has 0 saturated carbocycles. The number of amides is 2. The molecular formula is C31H30ClF3N2O5S. The highest BCUT2D eigenvalue weighted by atomic mass is 35.5. The summed E-state index contributed by atoms with van der Waals surface area (Å²) in [7, 11) is -3.42. The molecule has 0 aliphatic carbocycles. The summed E-state index contributed by atoms with van der Waals surface area (Å²) in [6.45, 7) is 4.80. The van der Waals surface area contributed by atoms with Crippen molar-refractivity contribution in [2.24, 2.45) is 0 Å². The van der Waals surface area contributed by atoms with Gasteiger partial charge in [0.1, 0.15) is 11.3 Å². The van der Waals surface area contributed by atoms with E-state index in [1.54, 1.807) is 31.2 Å². The summed E-state index contributed by atoms with van der Waals surface area (Å²) in [5, 5.41) is 6.19. The molecule has 1 atom stereocenters. The predicted octanol–water partition coefficient (Wildman–Crippen LogP) is 6.66. The molecule has 228 valence electrons. The number of benzene rings is 3. The molecule has 7 nitrogen and oxygen atoms in total. The monoisotopic (exact) mass is 634 g/mol. The zero-order valence-electron chi connectivity index (χ0n) is 23.6. The number of alkyl halides is 3. The van der Waals surface area contributed by atoms with E-state index < -0.39 is 33.5 Å². The Bertz CT molecular complexity index is 1770. The fourth-order valence-electron chi connectivity index (χ4n) is 4.83. The van der Waals surface area contributed by atoms with Gasteiger partial charge in [0.2, 0.25) is 5.91 Å². The van der Waals surface area contributed by atoms with Crippen LogP contribution < -0.4 is 10.6 Å². The Morgan fingerprint density at radius 2 is 1.70 bits per heavy atom. The Morgan fingerprint density at radius 3 is 2.30 bits per heavy atom. The van der Waals surface area contributed by atoms with E-state index in [4.69, 9.17) is 16.0 Å². The summed E-state index contributed by atoms with van der Waals surface area (Å²) in [4.78, 5) is 25.1. The van der Waals surface area contributed by atoms with Gasteiger partial charge in [-0.25, -0.2) is 8.42 Å². The zero-order valence-corrected chi connectivity index (χ0v) is 25.2. The van der Waals surface area contributed by atoms with Crippen LogP contribution in [0.3, 0.4) is 0 Å². The van der Waals surface area contributed by atoms with E-state index in [-0.39, 0.29) is 45.7 Å².